The van der Waals surface area contributed by atoms with E-state index in [0.29, 0.717) is 45.0 Å². The number of hydrogen-bond acceptors (Lipinski definition) is 4. The van der Waals surface area contributed by atoms with E-state index >= 15 is 0 Å². The molecular formula is C32H29F3N4O3. The molecule has 42 heavy (non-hydrogen) atoms. The second kappa shape index (κ2) is 11.4. The van der Waals surface area contributed by atoms with Gasteiger partial charge in [0.1, 0.15) is 5.75 Å². The van der Waals surface area contributed by atoms with Gasteiger partial charge in [-0.05, 0) is 41.0 Å². The molecule has 7 nitrogen and oxygen atoms in total. The molecule has 6 rings (SSSR count). The van der Waals surface area contributed by atoms with E-state index in [1.54, 1.807) is 18.5 Å². The van der Waals surface area contributed by atoms with Crippen LogP contribution in [0.2, 0.25) is 0 Å². The first-order valence-corrected chi connectivity index (χ1v) is 13.7. The molecule has 0 N–H and O–H groups in total. The van der Waals surface area contributed by atoms with E-state index in [1.807, 2.05) is 57.6 Å². The number of benzene rings is 3. The molecule has 3 aromatic carbocycles. The van der Waals surface area contributed by atoms with Crippen LogP contribution in [0.25, 0.3) is 21.9 Å². The lowest BCUT2D eigenvalue weighted by Gasteiger charge is -2.27. The predicted molar refractivity (Wildman–Crippen MR) is 152 cm³/mol. The Kier molecular flexibility index (Phi) is 7.47. The molecule has 1 fully saturated rings. The van der Waals surface area contributed by atoms with E-state index in [1.165, 1.54) is 12.1 Å². The number of carbonyl (C=O) groups excluding carboxylic acids is 1. The number of aryl methyl sites for hydroxylation is 1. The highest BCUT2D eigenvalue weighted by Crippen LogP contribution is 2.33. The second-order valence-electron chi connectivity index (χ2n) is 10.3. The van der Waals surface area contributed by atoms with Crippen LogP contribution in [0.4, 0.5) is 13.2 Å². The van der Waals surface area contributed by atoms with Crippen LogP contribution in [0.1, 0.15) is 27.3 Å². The number of aromatic nitrogens is 3. The molecule has 1 aliphatic heterocycles. The minimum atomic E-state index is -4.74. The minimum Gasteiger partial charge on any atom is -0.406 e. The Morgan fingerprint density at radius 1 is 0.929 bits per heavy atom. The smallest absolute Gasteiger partial charge is 0.406 e. The van der Waals surface area contributed by atoms with Gasteiger partial charge in [-0.2, -0.15) is 0 Å². The molecule has 2 aromatic heterocycles. The van der Waals surface area contributed by atoms with Crippen LogP contribution < -0.4 is 4.74 Å². The number of hydrogen-bond donors (Lipinski definition) is 0. The molecule has 0 radical (unpaired) electrons. The summed E-state index contributed by atoms with van der Waals surface area (Å²) in [6, 6.07) is 20.0. The van der Waals surface area contributed by atoms with E-state index < -0.39 is 6.36 Å². The van der Waals surface area contributed by atoms with Gasteiger partial charge in [0.25, 0.3) is 5.91 Å². The Balaban J connectivity index is 1.33. The molecule has 0 saturated carbocycles. The molecule has 0 aliphatic carbocycles. The van der Waals surface area contributed by atoms with Crippen LogP contribution >= 0.6 is 0 Å². The summed E-state index contributed by atoms with van der Waals surface area (Å²) in [5.74, 6) is -0.301. The van der Waals surface area contributed by atoms with Crippen molar-refractivity contribution in [3.05, 3.63) is 108 Å². The summed E-state index contributed by atoms with van der Waals surface area (Å²) in [6.45, 7) is 4.89. The number of imidazole rings is 1. The maximum absolute atomic E-state index is 13.8. The summed E-state index contributed by atoms with van der Waals surface area (Å²) in [7, 11) is 0. The van der Waals surface area contributed by atoms with E-state index in [4.69, 9.17) is 4.74 Å². The van der Waals surface area contributed by atoms with E-state index in [-0.39, 0.29) is 11.7 Å². The van der Waals surface area contributed by atoms with Gasteiger partial charge in [-0.25, -0.2) is 4.98 Å². The van der Waals surface area contributed by atoms with Crippen LogP contribution in [0.3, 0.4) is 0 Å². The number of morpholine rings is 1. The summed E-state index contributed by atoms with van der Waals surface area (Å²) < 4.78 is 51.1. The van der Waals surface area contributed by atoms with Crippen molar-refractivity contribution in [2.24, 2.45) is 0 Å². The van der Waals surface area contributed by atoms with Gasteiger partial charge >= 0.3 is 6.36 Å². The Bertz CT molecular complexity index is 1710. The van der Waals surface area contributed by atoms with Gasteiger partial charge in [-0.1, -0.05) is 54.6 Å². The average molecular weight is 575 g/mol. The molecule has 1 saturated heterocycles. The lowest BCUT2D eigenvalue weighted by molar-refractivity contribution is -0.274. The molecule has 1 amide bonds. The van der Waals surface area contributed by atoms with E-state index in [2.05, 4.69) is 27.9 Å². The van der Waals surface area contributed by atoms with Crippen LogP contribution in [0, 0.1) is 6.92 Å². The summed E-state index contributed by atoms with van der Waals surface area (Å²) in [5.41, 5.74) is 5.01. The highest BCUT2D eigenvalue weighted by atomic mass is 19.4. The van der Waals surface area contributed by atoms with Crippen molar-refractivity contribution in [2.45, 2.75) is 26.4 Å². The number of carbonyl (C=O) groups is 1. The molecule has 0 spiro atoms. The normalized spacial score (nSPS) is 14.0. The lowest BCUT2D eigenvalue weighted by Crippen LogP contribution is -2.40. The first-order valence-electron chi connectivity index (χ1n) is 13.7. The maximum atomic E-state index is 13.8. The third kappa shape index (κ3) is 5.89. The van der Waals surface area contributed by atoms with Crippen LogP contribution in [0.5, 0.6) is 5.75 Å². The van der Waals surface area contributed by atoms with Crippen molar-refractivity contribution in [3.63, 3.8) is 0 Å². The third-order valence-electron chi connectivity index (χ3n) is 7.49. The Morgan fingerprint density at radius 3 is 2.43 bits per heavy atom. The van der Waals surface area contributed by atoms with Crippen molar-refractivity contribution >= 4 is 16.7 Å². The van der Waals surface area contributed by atoms with Crippen molar-refractivity contribution in [1.82, 2.24) is 19.0 Å². The average Bonchev–Trinajstić information content (AvgIpc) is 3.56. The van der Waals surface area contributed by atoms with Crippen molar-refractivity contribution in [1.29, 1.82) is 0 Å². The molecule has 0 bridgehead atoms. The third-order valence-corrected chi connectivity index (χ3v) is 7.49. The Labute approximate surface area is 240 Å². The van der Waals surface area contributed by atoms with E-state index in [9.17, 15) is 18.0 Å². The summed E-state index contributed by atoms with van der Waals surface area (Å²) in [4.78, 5) is 20.1. The van der Waals surface area contributed by atoms with Gasteiger partial charge in [0.05, 0.1) is 43.0 Å². The van der Waals surface area contributed by atoms with Gasteiger partial charge in [0.2, 0.25) is 0 Å². The number of halogens is 3. The number of fused-ring (bicyclic) bond motifs is 1. The van der Waals surface area contributed by atoms with Gasteiger partial charge < -0.3 is 23.5 Å². The standard InChI is InChI=1S/C32H29F3N4O3/c1-22-30(39(21-36-22)17-23-9-11-25(12-10-23)42-32(33,34)35)20-37-18-28(27-8-4-6-24-5-2-3-7-26(24)27)29(19-37)31(40)38-13-15-41-16-14-38/h2-12,18-19,21H,13-17,20H2,1H3. The maximum Gasteiger partial charge on any atom is 0.573 e. The number of alkyl halides is 3. The fourth-order valence-electron chi connectivity index (χ4n) is 5.40. The largest absolute Gasteiger partial charge is 0.573 e. The highest BCUT2D eigenvalue weighted by Gasteiger charge is 2.31. The van der Waals surface area contributed by atoms with Crippen molar-refractivity contribution in [2.75, 3.05) is 26.3 Å². The minimum absolute atomic E-state index is 0.0358. The summed E-state index contributed by atoms with van der Waals surface area (Å²) in [6.07, 6.45) is 0.893. The van der Waals surface area contributed by atoms with Gasteiger partial charge in [-0.3, -0.25) is 4.79 Å². The quantitative estimate of drug-likeness (QED) is 0.230. The molecule has 0 atom stereocenters. The predicted octanol–water partition coefficient (Wildman–Crippen LogP) is 6.28. The SMILES string of the molecule is Cc1ncn(Cc2ccc(OC(F)(F)F)cc2)c1Cn1cc(C(=O)N2CCOCC2)c(-c2cccc3ccccc23)c1. The summed E-state index contributed by atoms with van der Waals surface area (Å²) >= 11 is 0. The van der Waals surface area contributed by atoms with Crippen LogP contribution in [-0.4, -0.2) is 57.6 Å². The zero-order valence-electron chi connectivity index (χ0n) is 23.0. The fourth-order valence-corrected chi connectivity index (χ4v) is 5.40. The Hall–Kier alpha value is -4.57. The van der Waals surface area contributed by atoms with Gasteiger partial charge in [0, 0.05) is 37.6 Å². The van der Waals surface area contributed by atoms with Crippen molar-refractivity contribution < 1.29 is 27.4 Å². The number of amides is 1. The summed E-state index contributed by atoms with van der Waals surface area (Å²) in [5, 5.41) is 2.15. The molecule has 216 valence electrons. The van der Waals surface area contributed by atoms with Crippen molar-refractivity contribution in [3.8, 4) is 16.9 Å². The van der Waals surface area contributed by atoms with Gasteiger partial charge in [0.15, 0.2) is 0 Å². The molecule has 0 unspecified atom stereocenters. The zero-order valence-corrected chi connectivity index (χ0v) is 23.0. The first-order chi connectivity index (χ1) is 20.2. The second-order valence-corrected chi connectivity index (χ2v) is 10.3. The molecule has 1 aliphatic rings. The van der Waals surface area contributed by atoms with Gasteiger partial charge in [-0.15, -0.1) is 13.2 Å². The lowest BCUT2D eigenvalue weighted by atomic mass is 9.97. The van der Waals surface area contributed by atoms with E-state index in [0.717, 1.165) is 38.9 Å². The fraction of sp³-hybridized carbons (Fsp3) is 0.250. The molecule has 5 aromatic rings. The number of nitrogens with zero attached hydrogens (tertiary/aromatic N) is 4. The topological polar surface area (TPSA) is 61.5 Å². The number of rotatable bonds is 7. The van der Waals surface area contributed by atoms with Crippen LogP contribution in [-0.2, 0) is 17.8 Å². The zero-order chi connectivity index (χ0) is 29.3. The molecule has 10 heteroatoms. The monoisotopic (exact) mass is 574 g/mol. The van der Waals surface area contributed by atoms with Crippen LogP contribution in [0.15, 0.2) is 85.5 Å². The number of ether oxygens (including phenoxy) is 2. The molecule has 3 heterocycles. The highest BCUT2D eigenvalue weighted by molar-refractivity contribution is 6.06. The first kappa shape index (κ1) is 27.6. The molecular weight excluding hydrogens is 545 g/mol. The Morgan fingerprint density at radius 2 is 1.67 bits per heavy atom.